The second-order valence-electron chi connectivity index (χ2n) is 2.41. The summed E-state index contributed by atoms with van der Waals surface area (Å²) < 4.78 is 34.4. The van der Waals surface area contributed by atoms with E-state index in [2.05, 4.69) is 14.7 Å². The Hall–Kier alpha value is -1.34. The van der Waals surface area contributed by atoms with Crippen LogP contribution in [0.2, 0.25) is 0 Å². The number of ether oxygens (including phenoxy) is 1. The second kappa shape index (κ2) is 8.01. The number of hydrogen-bond donors (Lipinski definition) is 1. The summed E-state index contributed by atoms with van der Waals surface area (Å²) in [4.78, 5) is 5.61. The van der Waals surface area contributed by atoms with Crippen LogP contribution in [0, 0.1) is 0 Å². The first kappa shape index (κ1) is 13.7. The second-order valence-corrected chi connectivity index (χ2v) is 3.94. The van der Waals surface area contributed by atoms with Gasteiger partial charge in [0.05, 0.1) is 22.1 Å². The lowest BCUT2D eigenvalue weighted by molar-refractivity contribution is -0.375. The van der Waals surface area contributed by atoms with Crippen molar-refractivity contribution in [3.8, 4) is 0 Å². The summed E-state index contributed by atoms with van der Waals surface area (Å²) in [5.74, 6) is -0.475. The normalized spacial score (nSPS) is 10.8. The summed E-state index contributed by atoms with van der Waals surface area (Å²) in [6.45, 7) is 1.65. The van der Waals surface area contributed by atoms with E-state index in [1.807, 2.05) is 12.4 Å². The number of nitrogens with one attached hydrogen (secondary N) is 2. The van der Waals surface area contributed by atoms with E-state index in [0.717, 1.165) is 0 Å². The molecule has 6 nitrogen and oxygen atoms in total. The van der Waals surface area contributed by atoms with Crippen molar-refractivity contribution in [2.24, 2.45) is 0 Å². The molecule has 0 aliphatic heterocycles. The molecule has 0 radical (unpaired) electrons. The summed E-state index contributed by atoms with van der Waals surface area (Å²) in [5.41, 5.74) is 0. The first-order chi connectivity index (χ1) is 7.06. The molecule has 0 amide bonds. The fraction of sp³-hybridized carbons (Fsp3) is 0.375. The zero-order valence-corrected chi connectivity index (χ0v) is 9.16. The molecule has 86 valence electrons. The summed E-state index contributed by atoms with van der Waals surface area (Å²) in [7, 11) is -4.11. The lowest BCUT2D eigenvalue weighted by Gasteiger charge is -2.04. The van der Waals surface area contributed by atoms with E-state index < -0.39 is 15.9 Å². The maximum atomic E-state index is 9.93. The molecule has 1 heterocycles. The van der Waals surface area contributed by atoms with Gasteiger partial charge in [0.25, 0.3) is 0 Å². The van der Waals surface area contributed by atoms with Crippen molar-refractivity contribution in [2.75, 3.05) is 12.4 Å². The highest BCUT2D eigenvalue weighted by Gasteiger charge is 1.91. The Morgan fingerprint density at radius 2 is 2.33 bits per heavy atom. The van der Waals surface area contributed by atoms with E-state index in [1.165, 1.54) is 6.26 Å². The fourth-order valence-corrected chi connectivity index (χ4v) is 0.855. The molecule has 0 saturated heterocycles. The average Bonchev–Trinajstić information content (AvgIpc) is 2.68. The monoisotopic (exact) mass is 234 g/mol. The van der Waals surface area contributed by atoms with Gasteiger partial charge in [-0.25, -0.2) is 8.42 Å². The highest BCUT2D eigenvalue weighted by atomic mass is 32.2. The van der Waals surface area contributed by atoms with Crippen molar-refractivity contribution in [3.05, 3.63) is 31.1 Å². The maximum Gasteiger partial charge on any atom is 0.239 e. The molecule has 0 atom stereocenters. The number of imidazole rings is 1. The molecule has 1 aromatic rings. The molecular formula is C8H14N2O4S. The number of allylic oxidation sites excluding steroid dienone is 1. The molecule has 0 unspecified atom stereocenters. The largest absolute Gasteiger partial charge is 0.748 e. The van der Waals surface area contributed by atoms with Crippen molar-refractivity contribution < 1.29 is 22.7 Å². The van der Waals surface area contributed by atoms with Gasteiger partial charge in [-0.15, -0.1) is 0 Å². The van der Waals surface area contributed by atoms with Crippen LogP contribution in [-0.4, -0.2) is 30.3 Å². The molecule has 0 spiro atoms. The van der Waals surface area contributed by atoms with Gasteiger partial charge in [-0.2, -0.15) is 0 Å². The van der Waals surface area contributed by atoms with Crippen LogP contribution < -0.4 is 4.98 Å². The molecular weight excluding hydrogens is 220 g/mol. The Morgan fingerprint density at radius 3 is 2.67 bits per heavy atom. The standard InChI is InChI=1S/C5H10O4S.C3H4N2/c1-2-3-9-4-5-10(6,7)8;1-2-5-3-4-1/h2-3H,4-5H2,1H3,(H,6,7,8);1-3H,(H,4,5). The highest BCUT2D eigenvalue weighted by molar-refractivity contribution is 7.85. The Kier molecular flexibility index (Phi) is 7.29. The summed E-state index contributed by atoms with van der Waals surface area (Å²) in [6.07, 6.45) is 8.34. The van der Waals surface area contributed by atoms with Crippen molar-refractivity contribution in [1.29, 1.82) is 0 Å². The molecule has 0 aliphatic carbocycles. The first-order valence-electron chi connectivity index (χ1n) is 4.21. The predicted octanol–water partition coefficient (Wildman–Crippen LogP) is -0.0894. The van der Waals surface area contributed by atoms with E-state index in [0.29, 0.717) is 0 Å². The summed E-state index contributed by atoms with van der Waals surface area (Å²) >= 11 is 0. The third kappa shape index (κ3) is 12.7. The number of aromatic amines is 2. The average molecular weight is 234 g/mol. The van der Waals surface area contributed by atoms with Gasteiger partial charge >= 0.3 is 0 Å². The molecule has 1 aromatic heterocycles. The molecule has 15 heavy (non-hydrogen) atoms. The van der Waals surface area contributed by atoms with Crippen LogP contribution in [0.4, 0.5) is 0 Å². The van der Waals surface area contributed by atoms with Crippen molar-refractivity contribution >= 4 is 10.1 Å². The van der Waals surface area contributed by atoms with E-state index in [-0.39, 0.29) is 6.61 Å². The maximum absolute atomic E-state index is 9.93. The Labute approximate surface area is 88.7 Å². The Balaban J connectivity index is 0.000000322. The fourth-order valence-electron chi connectivity index (χ4n) is 0.555. The van der Waals surface area contributed by atoms with Crippen LogP contribution in [0.25, 0.3) is 0 Å². The molecule has 2 N–H and O–H groups in total. The van der Waals surface area contributed by atoms with Crippen LogP contribution in [0.5, 0.6) is 0 Å². The number of H-pyrrole nitrogens is 2. The van der Waals surface area contributed by atoms with Crippen LogP contribution >= 0.6 is 0 Å². The number of hydrogen-bond acceptors (Lipinski definition) is 4. The minimum Gasteiger partial charge on any atom is -0.748 e. The summed E-state index contributed by atoms with van der Waals surface area (Å²) in [6, 6.07) is 0. The zero-order chi connectivity index (χ0) is 11.6. The Bertz CT molecular complexity index is 328. The van der Waals surface area contributed by atoms with Gasteiger partial charge in [-0.05, 0) is 6.92 Å². The van der Waals surface area contributed by atoms with Crippen LogP contribution in [0.3, 0.4) is 0 Å². The minimum atomic E-state index is -4.11. The van der Waals surface area contributed by atoms with Gasteiger partial charge in [0.15, 0.2) is 0 Å². The van der Waals surface area contributed by atoms with Gasteiger partial charge in [-0.3, -0.25) is 9.97 Å². The quantitative estimate of drug-likeness (QED) is 0.447. The van der Waals surface area contributed by atoms with E-state index in [4.69, 9.17) is 0 Å². The first-order valence-corrected chi connectivity index (χ1v) is 5.79. The van der Waals surface area contributed by atoms with Gasteiger partial charge < -0.3 is 9.29 Å². The SMILES string of the molecule is CC=COCCS(=O)(=O)[O-].c1c[nH+]c[nH]1. The van der Waals surface area contributed by atoms with Gasteiger partial charge in [0.2, 0.25) is 6.33 Å². The van der Waals surface area contributed by atoms with Crippen molar-refractivity contribution in [2.45, 2.75) is 6.92 Å². The molecule has 1 rings (SSSR count). The highest BCUT2D eigenvalue weighted by Crippen LogP contribution is 1.83. The molecule has 0 aromatic carbocycles. The molecule has 7 heteroatoms. The van der Waals surface area contributed by atoms with Crippen LogP contribution in [0.1, 0.15) is 6.92 Å². The number of rotatable bonds is 4. The predicted molar refractivity (Wildman–Crippen MR) is 52.7 cm³/mol. The van der Waals surface area contributed by atoms with E-state index in [1.54, 1.807) is 19.3 Å². The van der Waals surface area contributed by atoms with E-state index in [9.17, 15) is 13.0 Å². The number of aromatic nitrogens is 2. The van der Waals surface area contributed by atoms with E-state index >= 15 is 0 Å². The molecule has 0 aliphatic rings. The van der Waals surface area contributed by atoms with Crippen LogP contribution in [0.15, 0.2) is 31.1 Å². The molecule has 0 saturated carbocycles. The smallest absolute Gasteiger partial charge is 0.239 e. The molecule has 0 fully saturated rings. The van der Waals surface area contributed by atoms with Gasteiger partial charge in [-0.1, -0.05) is 6.08 Å². The lowest BCUT2D eigenvalue weighted by Crippen LogP contribution is -2.08. The topological polar surface area (TPSA) is 96.4 Å². The Morgan fingerprint density at radius 1 is 1.60 bits per heavy atom. The third-order valence-corrected chi connectivity index (χ3v) is 1.79. The van der Waals surface area contributed by atoms with Gasteiger partial charge in [0.1, 0.15) is 19.0 Å². The minimum absolute atomic E-state index is 0.0732. The zero-order valence-electron chi connectivity index (χ0n) is 8.34. The van der Waals surface area contributed by atoms with Gasteiger partial charge in [0, 0.05) is 0 Å². The van der Waals surface area contributed by atoms with Crippen molar-refractivity contribution in [1.82, 2.24) is 4.98 Å². The third-order valence-electron chi connectivity index (χ3n) is 1.13. The molecule has 0 bridgehead atoms. The summed E-state index contributed by atoms with van der Waals surface area (Å²) in [5, 5.41) is 0. The van der Waals surface area contributed by atoms with Crippen LogP contribution in [-0.2, 0) is 14.9 Å². The van der Waals surface area contributed by atoms with Crippen molar-refractivity contribution in [3.63, 3.8) is 0 Å². The lowest BCUT2D eigenvalue weighted by atomic mass is 10.7.